The van der Waals surface area contributed by atoms with Crippen LogP contribution in [0.3, 0.4) is 0 Å². The van der Waals surface area contributed by atoms with Gasteiger partial charge in [-0.2, -0.15) is 8.78 Å². The summed E-state index contributed by atoms with van der Waals surface area (Å²) in [5.74, 6) is -1.10. The van der Waals surface area contributed by atoms with E-state index in [2.05, 4.69) is 10.2 Å². The number of fused-ring (bicyclic) bond motifs is 3. The number of pyridine rings is 1. The molecule has 15 heteroatoms. The molecule has 1 unspecified atom stereocenters. The Hall–Kier alpha value is -4.56. The number of esters is 2. The molecule has 2 N–H and O–H groups in total. The maximum atomic E-state index is 15.0. The molecule has 4 heterocycles. The first-order valence-corrected chi connectivity index (χ1v) is 19.7. The Morgan fingerprint density at radius 2 is 1.63 bits per heavy atom. The highest BCUT2D eigenvalue weighted by Crippen LogP contribution is 2.38. The number of hydrogen-bond acceptors (Lipinski definition) is 9. The Balaban J connectivity index is 1.04. The summed E-state index contributed by atoms with van der Waals surface area (Å²) in [6.07, 6.45) is 4.99. The first-order chi connectivity index (χ1) is 27.5. The first-order valence-electron chi connectivity index (χ1n) is 19.0. The van der Waals surface area contributed by atoms with Crippen LogP contribution in [-0.2, 0) is 38.4 Å². The number of piperidine rings is 3. The van der Waals surface area contributed by atoms with Crippen molar-refractivity contribution in [1.82, 2.24) is 10.2 Å². The summed E-state index contributed by atoms with van der Waals surface area (Å²) in [6.45, 7) is 0.129. The van der Waals surface area contributed by atoms with E-state index in [0.29, 0.717) is 46.4 Å². The average Bonchev–Trinajstić information content (AvgIpc) is 4.02. The molecule has 3 atom stereocenters. The van der Waals surface area contributed by atoms with E-state index >= 15 is 0 Å². The lowest BCUT2D eigenvalue weighted by molar-refractivity contribution is -0.904. The predicted octanol–water partition coefficient (Wildman–Crippen LogP) is 7.59. The summed E-state index contributed by atoms with van der Waals surface area (Å²) in [6, 6.07) is 16.5. The quantitative estimate of drug-likeness (QED) is 0.0633. The second-order valence-electron chi connectivity index (χ2n) is 14.8. The zero-order valence-electron chi connectivity index (χ0n) is 30.9. The summed E-state index contributed by atoms with van der Waals surface area (Å²) in [5, 5.41) is 13.3. The molecule has 1 aromatic heterocycles. The lowest BCUT2D eigenvalue weighted by atomic mass is 9.86. The number of benzene rings is 3. The first kappa shape index (κ1) is 40.6. The normalized spacial score (nSPS) is 19.9. The van der Waals surface area contributed by atoms with E-state index in [4.69, 9.17) is 42.1 Å². The van der Waals surface area contributed by atoms with Crippen molar-refractivity contribution in [3.8, 4) is 11.5 Å². The van der Waals surface area contributed by atoms with E-state index in [1.807, 2.05) is 0 Å². The molecule has 3 aromatic carbocycles. The monoisotopic (exact) mass is 828 g/mol. The highest BCUT2D eigenvalue weighted by atomic mass is 35.5. The number of ether oxygens (including phenoxy) is 4. The van der Waals surface area contributed by atoms with Gasteiger partial charge in [-0.3, -0.25) is 20.2 Å². The lowest BCUT2D eigenvalue weighted by Gasteiger charge is -2.44. The van der Waals surface area contributed by atoms with E-state index < -0.39 is 36.5 Å². The Labute approximate surface area is 338 Å². The van der Waals surface area contributed by atoms with Gasteiger partial charge in [0.15, 0.2) is 11.5 Å². The predicted molar refractivity (Wildman–Crippen MR) is 203 cm³/mol. The maximum absolute atomic E-state index is 15.0. The van der Waals surface area contributed by atoms with Crippen molar-refractivity contribution in [2.45, 2.75) is 69.9 Å². The number of nitrogens with zero attached hydrogens (tertiary/aromatic N) is 2. The van der Waals surface area contributed by atoms with Crippen molar-refractivity contribution in [3.63, 3.8) is 0 Å². The van der Waals surface area contributed by atoms with Crippen molar-refractivity contribution >= 4 is 35.1 Å². The van der Waals surface area contributed by atoms with Gasteiger partial charge in [0.25, 0.3) is 0 Å². The van der Waals surface area contributed by atoms with Gasteiger partial charge in [-0.1, -0.05) is 71.7 Å². The number of alkyl halides is 2. The van der Waals surface area contributed by atoms with Gasteiger partial charge < -0.3 is 18.9 Å². The number of carbonyl (C=O) groups is 2. The van der Waals surface area contributed by atoms with E-state index in [-0.39, 0.29) is 52.6 Å². The van der Waals surface area contributed by atoms with E-state index in [1.54, 1.807) is 42.5 Å². The molecule has 0 radical (unpaired) electrons. The average molecular weight is 830 g/mol. The van der Waals surface area contributed by atoms with Crippen LogP contribution < -0.4 is 19.5 Å². The molecule has 8 rings (SSSR count). The van der Waals surface area contributed by atoms with E-state index in [9.17, 15) is 28.0 Å². The van der Waals surface area contributed by atoms with Crippen LogP contribution in [0.2, 0.25) is 10.0 Å². The summed E-state index contributed by atoms with van der Waals surface area (Å²) < 4.78 is 64.7. The van der Waals surface area contributed by atoms with Crippen LogP contribution in [0.5, 0.6) is 11.5 Å². The third kappa shape index (κ3) is 10.7. The molecule has 10 nitrogen and oxygen atoms in total. The summed E-state index contributed by atoms with van der Waals surface area (Å²) in [7, 11) is 0. The number of rotatable bonds is 17. The van der Waals surface area contributed by atoms with Crippen LogP contribution in [0.25, 0.3) is 0 Å². The van der Waals surface area contributed by atoms with Crippen molar-refractivity contribution in [1.29, 1.82) is 0 Å². The minimum atomic E-state index is -3.08. The topological polar surface area (TPSA) is 110 Å². The molecule has 4 aromatic rings. The van der Waals surface area contributed by atoms with Gasteiger partial charge >= 0.3 is 18.6 Å². The number of carbonyl (C=O) groups excluding carboxylic acids is 2. The molecular formula is C42H43Cl2F3N3O7+. The largest absolute Gasteiger partial charge is 0.489 e. The van der Waals surface area contributed by atoms with E-state index in [1.165, 1.54) is 36.7 Å². The highest BCUT2D eigenvalue weighted by molar-refractivity contribution is 6.35. The molecule has 4 fully saturated rings. The molecule has 1 aliphatic carbocycles. The molecule has 2 bridgehead atoms. The lowest BCUT2D eigenvalue weighted by Crippen LogP contribution is -2.52. The molecule has 57 heavy (non-hydrogen) atoms. The van der Waals surface area contributed by atoms with Gasteiger partial charge in [0.1, 0.15) is 34.1 Å². The van der Waals surface area contributed by atoms with Crippen molar-refractivity contribution < 1.29 is 51.6 Å². The summed E-state index contributed by atoms with van der Waals surface area (Å²) in [4.78, 5) is 29.3. The van der Waals surface area contributed by atoms with Crippen LogP contribution in [0.4, 0.5) is 13.2 Å². The van der Waals surface area contributed by atoms with Gasteiger partial charge in [0.05, 0.1) is 13.0 Å². The molecule has 4 aliphatic rings. The molecule has 1 saturated carbocycles. The van der Waals surface area contributed by atoms with Crippen LogP contribution in [0.1, 0.15) is 65.6 Å². The minimum absolute atomic E-state index is 0.0166. The fourth-order valence-corrected chi connectivity index (χ4v) is 7.93. The van der Waals surface area contributed by atoms with Crippen LogP contribution >= 0.6 is 23.2 Å². The fraction of sp³-hybridized carbons (Fsp3) is 0.405. The number of nitrogens with one attached hydrogen (secondary N) is 1. The zero-order valence-corrected chi connectivity index (χ0v) is 32.4. The van der Waals surface area contributed by atoms with Gasteiger partial charge in [-0.15, -0.1) is 0 Å². The molecule has 0 spiro atoms. The van der Waals surface area contributed by atoms with Crippen molar-refractivity contribution in [2.24, 2.45) is 11.8 Å². The molecular weight excluding hydrogens is 786 g/mol. The zero-order chi connectivity index (χ0) is 40.1. The number of halogens is 5. The van der Waals surface area contributed by atoms with Gasteiger partial charge in [0.2, 0.25) is 12.4 Å². The smallest absolute Gasteiger partial charge is 0.387 e. The van der Waals surface area contributed by atoms with Crippen molar-refractivity contribution in [2.75, 3.05) is 26.2 Å². The molecule has 3 aliphatic heterocycles. The fourth-order valence-electron chi connectivity index (χ4n) is 7.32. The molecule has 302 valence electrons. The van der Waals surface area contributed by atoms with Gasteiger partial charge in [0, 0.05) is 35.4 Å². The van der Waals surface area contributed by atoms with Crippen LogP contribution in [0, 0.1) is 17.7 Å². The Morgan fingerprint density at radius 1 is 0.930 bits per heavy atom. The Morgan fingerprint density at radius 3 is 2.28 bits per heavy atom. The van der Waals surface area contributed by atoms with E-state index in [0.717, 1.165) is 44.3 Å². The van der Waals surface area contributed by atoms with Crippen LogP contribution in [0.15, 0.2) is 79.1 Å². The standard InChI is InChI=1S/C42H43Cl2F3N3O7/c43-32-21-50(53)22-33(44)31(32)19-36(29-11-12-35(57-42(46)47)37(18-29)54-24-27-9-10-27)55-39(51)17-25-5-7-26(8-6-25)20-48-40(30-3-1-2-4-34(30)45)41(52)56-38-23-49-15-13-28(38)14-16-49/h1-8,11-12,18,21-22,27-28,36,38,40,42,48,53H,9-10,13-17,19-20,23-24H2/q+1/t36-,38-,40?/m0/s1. The van der Waals surface area contributed by atoms with Crippen molar-refractivity contribution in [3.05, 3.63) is 123 Å². The maximum Gasteiger partial charge on any atom is 0.387 e. The Kier molecular flexibility index (Phi) is 13.1. The third-order valence-corrected chi connectivity index (χ3v) is 11.3. The highest BCUT2D eigenvalue weighted by Gasteiger charge is 2.38. The number of hydrogen-bond donors (Lipinski definition) is 2. The molecule has 3 saturated heterocycles. The van der Waals surface area contributed by atoms with Gasteiger partial charge in [-0.25, -0.2) is 9.18 Å². The Bertz CT molecular complexity index is 2020. The minimum Gasteiger partial charge on any atom is -0.489 e. The summed E-state index contributed by atoms with van der Waals surface area (Å²) in [5.41, 5.74) is 2.40. The number of aromatic nitrogens is 1. The van der Waals surface area contributed by atoms with Gasteiger partial charge in [-0.05, 0) is 85.5 Å². The summed E-state index contributed by atoms with van der Waals surface area (Å²) >= 11 is 12.9. The molecule has 0 amide bonds. The SMILES string of the molecule is O=C(Cc1ccc(CNC(C(=O)O[C@H]2CN3CCC2CC3)c2ccccc2F)cc1)O[C@@H](Cc1c(Cl)c[n+](O)cc1Cl)c1ccc(OC(F)F)c(OCC2CC2)c1. The second-order valence-corrected chi connectivity index (χ2v) is 15.6. The van der Waals surface area contributed by atoms with Crippen LogP contribution in [-0.4, -0.2) is 61.0 Å². The third-order valence-electron chi connectivity index (χ3n) is 10.7. The second kappa shape index (κ2) is 18.4.